The molecule has 1 N–H and O–H groups in total. The fraction of sp³-hybridized carbons (Fsp3) is 0.333. The lowest BCUT2D eigenvalue weighted by atomic mass is 10.1. The summed E-state index contributed by atoms with van der Waals surface area (Å²) in [5, 5.41) is 2.35. The van der Waals surface area contributed by atoms with Gasteiger partial charge in [0.15, 0.2) is 5.78 Å². The van der Waals surface area contributed by atoms with Crippen LogP contribution in [-0.2, 0) is 25.7 Å². The molecular weight excluding hydrogens is 290 g/mol. The van der Waals surface area contributed by atoms with E-state index in [0.717, 1.165) is 0 Å². The third-order valence-electron chi connectivity index (χ3n) is 3.16. The average molecular weight is 305 g/mol. The second kappa shape index (κ2) is 6.84. The van der Waals surface area contributed by atoms with Crippen molar-refractivity contribution in [2.75, 3.05) is 0 Å². The highest BCUT2D eigenvalue weighted by molar-refractivity contribution is 5.94. The monoisotopic (exact) mass is 305 g/mol. The van der Waals surface area contributed by atoms with Gasteiger partial charge in [-0.1, -0.05) is 24.3 Å². The molecule has 1 aromatic carbocycles. The van der Waals surface area contributed by atoms with Crippen LogP contribution in [0, 0.1) is 0 Å². The number of amides is 1. The number of carbonyl (C=O) groups excluding carboxylic acids is 4. The van der Waals surface area contributed by atoms with E-state index in [1.807, 2.05) is 0 Å². The lowest BCUT2D eigenvalue weighted by Crippen LogP contribution is -2.45. The number of carbonyl (C=O) groups is 4. The minimum Gasteiger partial charge on any atom is -0.445 e. The molecule has 7 heteroatoms. The van der Waals surface area contributed by atoms with Gasteiger partial charge in [-0.05, 0) is 18.9 Å². The van der Waals surface area contributed by atoms with Gasteiger partial charge in [-0.15, -0.1) is 0 Å². The van der Waals surface area contributed by atoms with E-state index in [2.05, 4.69) is 10.1 Å². The maximum atomic E-state index is 11.6. The number of benzene rings is 1. The standard InChI is InChI=1S/C15H15NO6/c1-9(17)11-4-2-10(3-5-11)8-21-15(20)16-12-6-7-13(18)22-14(12)19/h2-5,12H,6-8H2,1H3,(H,16,20)/t12-/m0/s1. The van der Waals surface area contributed by atoms with Gasteiger partial charge < -0.3 is 14.8 Å². The molecule has 0 spiro atoms. The number of hydrogen-bond donors (Lipinski definition) is 1. The number of rotatable bonds is 4. The highest BCUT2D eigenvalue weighted by atomic mass is 16.6. The Morgan fingerprint density at radius 2 is 1.95 bits per heavy atom. The van der Waals surface area contributed by atoms with Crippen LogP contribution >= 0.6 is 0 Å². The number of esters is 2. The van der Waals surface area contributed by atoms with E-state index in [1.54, 1.807) is 24.3 Å². The number of hydrogen-bond acceptors (Lipinski definition) is 6. The Bertz CT molecular complexity index is 607. The van der Waals surface area contributed by atoms with Crippen LogP contribution in [0.5, 0.6) is 0 Å². The van der Waals surface area contributed by atoms with Crippen molar-refractivity contribution in [3.8, 4) is 0 Å². The maximum absolute atomic E-state index is 11.6. The Hall–Kier alpha value is -2.70. The Balaban J connectivity index is 1.81. The van der Waals surface area contributed by atoms with E-state index in [-0.39, 0.29) is 25.2 Å². The van der Waals surface area contributed by atoms with E-state index < -0.39 is 24.1 Å². The van der Waals surface area contributed by atoms with Gasteiger partial charge in [0.05, 0.1) is 0 Å². The van der Waals surface area contributed by atoms with Crippen molar-refractivity contribution >= 4 is 23.8 Å². The highest BCUT2D eigenvalue weighted by Gasteiger charge is 2.30. The molecule has 7 nitrogen and oxygen atoms in total. The first-order valence-electron chi connectivity index (χ1n) is 6.73. The van der Waals surface area contributed by atoms with Crippen molar-refractivity contribution in [2.45, 2.75) is 32.4 Å². The van der Waals surface area contributed by atoms with E-state index in [0.29, 0.717) is 11.1 Å². The van der Waals surface area contributed by atoms with E-state index in [1.165, 1.54) is 6.92 Å². The molecule has 1 fully saturated rings. The predicted molar refractivity (Wildman–Crippen MR) is 73.9 cm³/mol. The van der Waals surface area contributed by atoms with Crippen LogP contribution in [-0.4, -0.2) is 29.9 Å². The fourth-order valence-electron chi connectivity index (χ4n) is 1.91. The van der Waals surface area contributed by atoms with Crippen molar-refractivity contribution in [3.63, 3.8) is 0 Å². The molecule has 0 aromatic heterocycles. The van der Waals surface area contributed by atoms with Gasteiger partial charge in [0, 0.05) is 12.0 Å². The molecule has 1 heterocycles. The first kappa shape index (κ1) is 15.7. The second-order valence-corrected chi connectivity index (χ2v) is 4.86. The summed E-state index contributed by atoms with van der Waals surface area (Å²) in [6.45, 7) is 1.47. The predicted octanol–water partition coefficient (Wildman–Crippen LogP) is 1.35. The summed E-state index contributed by atoms with van der Waals surface area (Å²) in [6, 6.07) is 5.77. The summed E-state index contributed by atoms with van der Waals surface area (Å²) >= 11 is 0. The molecule has 1 aromatic rings. The summed E-state index contributed by atoms with van der Waals surface area (Å²) in [7, 11) is 0. The number of ketones is 1. The number of ether oxygens (including phenoxy) is 2. The van der Waals surface area contributed by atoms with E-state index in [9.17, 15) is 19.2 Å². The lowest BCUT2D eigenvalue weighted by molar-refractivity contribution is -0.165. The normalized spacial score (nSPS) is 17.6. The number of cyclic esters (lactones) is 2. The molecule has 0 unspecified atom stereocenters. The zero-order chi connectivity index (χ0) is 16.1. The zero-order valence-corrected chi connectivity index (χ0v) is 12.0. The van der Waals surface area contributed by atoms with Crippen LogP contribution < -0.4 is 5.32 Å². The minimum absolute atomic E-state index is 0.00468. The number of alkyl carbamates (subject to hydrolysis) is 1. The Labute approximate surface area is 126 Å². The molecule has 2 rings (SSSR count). The summed E-state index contributed by atoms with van der Waals surface area (Å²) in [5.41, 5.74) is 1.28. The quantitative estimate of drug-likeness (QED) is 0.512. The molecule has 0 bridgehead atoms. The Morgan fingerprint density at radius 3 is 2.55 bits per heavy atom. The van der Waals surface area contributed by atoms with Crippen LogP contribution in [0.2, 0.25) is 0 Å². The molecular formula is C15H15NO6. The van der Waals surface area contributed by atoms with Crippen molar-refractivity contribution in [1.29, 1.82) is 0 Å². The maximum Gasteiger partial charge on any atom is 0.408 e. The van der Waals surface area contributed by atoms with Crippen LogP contribution in [0.25, 0.3) is 0 Å². The number of Topliss-reactive ketones (excluding diaryl/α,β-unsaturated/α-hetero) is 1. The van der Waals surface area contributed by atoms with E-state index >= 15 is 0 Å². The van der Waals surface area contributed by atoms with Crippen LogP contribution in [0.4, 0.5) is 4.79 Å². The van der Waals surface area contributed by atoms with Gasteiger partial charge in [-0.2, -0.15) is 0 Å². The van der Waals surface area contributed by atoms with Crippen LogP contribution in [0.15, 0.2) is 24.3 Å². The molecule has 0 radical (unpaired) electrons. The highest BCUT2D eigenvalue weighted by Crippen LogP contribution is 2.10. The summed E-state index contributed by atoms with van der Waals surface area (Å²) in [4.78, 5) is 45.0. The second-order valence-electron chi connectivity index (χ2n) is 4.86. The minimum atomic E-state index is -0.870. The third-order valence-corrected chi connectivity index (χ3v) is 3.16. The fourth-order valence-corrected chi connectivity index (χ4v) is 1.91. The summed E-state index contributed by atoms with van der Waals surface area (Å²) in [5.74, 6) is -1.42. The van der Waals surface area contributed by atoms with Gasteiger partial charge in [-0.25, -0.2) is 9.59 Å². The van der Waals surface area contributed by atoms with Gasteiger partial charge in [0.1, 0.15) is 12.6 Å². The zero-order valence-electron chi connectivity index (χ0n) is 12.0. The van der Waals surface area contributed by atoms with Crippen molar-refractivity contribution in [2.24, 2.45) is 0 Å². The molecule has 1 aliphatic heterocycles. The molecule has 1 aliphatic rings. The Morgan fingerprint density at radius 1 is 1.27 bits per heavy atom. The van der Waals surface area contributed by atoms with Crippen molar-refractivity contribution < 1.29 is 28.7 Å². The lowest BCUT2D eigenvalue weighted by Gasteiger charge is -2.20. The summed E-state index contributed by atoms with van der Waals surface area (Å²) in [6.07, 6.45) is -0.504. The third kappa shape index (κ3) is 4.15. The largest absolute Gasteiger partial charge is 0.445 e. The molecule has 116 valence electrons. The van der Waals surface area contributed by atoms with Crippen LogP contribution in [0.3, 0.4) is 0 Å². The molecule has 1 amide bonds. The van der Waals surface area contributed by atoms with Crippen molar-refractivity contribution in [1.82, 2.24) is 5.32 Å². The molecule has 1 atom stereocenters. The van der Waals surface area contributed by atoms with Gasteiger partial charge >= 0.3 is 18.0 Å². The van der Waals surface area contributed by atoms with Gasteiger partial charge in [-0.3, -0.25) is 9.59 Å². The first-order valence-corrected chi connectivity index (χ1v) is 6.73. The van der Waals surface area contributed by atoms with Gasteiger partial charge in [0.2, 0.25) is 0 Å². The number of nitrogens with one attached hydrogen (secondary N) is 1. The smallest absolute Gasteiger partial charge is 0.408 e. The van der Waals surface area contributed by atoms with E-state index in [4.69, 9.17) is 4.74 Å². The molecule has 22 heavy (non-hydrogen) atoms. The SMILES string of the molecule is CC(=O)c1ccc(COC(=O)N[C@H]2CCC(=O)OC2=O)cc1. The molecule has 0 saturated carbocycles. The van der Waals surface area contributed by atoms with Crippen LogP contribution in [0.1, 0.15) is 35.7 Å². The Kier molecular flexibility index (Phi) is 4.88. The van der Waals surface area contributed by atoms with Gasteiger partial charge in [0.25, 0.3) is 0 Å². The first-order chi connectivity index (χ1) is 10.5. The molecule has 1 saturated heterocycles. The van der Waals surface area contributed by atoms with Crippen molar-refractivity contribution in [3.05, 3.63) is 35.4 Å². The molecule has 0 aliphatic carbocycles. The topological polar surface area (TPSA) is 98.8 Å². The summed E-state index contributed by atoms with van der Waals surface area (Å²) < 4.78 is 9.40. The average Bonchev–Trinajstić information content (AvgIpc) is 2.48.